The van der Waals surface area contributed by atoms with Gasteiger partial charge in [-0.25, -0.2) is 0 Å². The van der Waals surface area contributed by atoms with E-state index in [1.165, 1.54) is 16.7 Å². The molecule has 140 valence electrons. The van der Waals surface area contributed by atoms with E-state index in [0.717, 1.165) is 30.2 Å². The molecular formula is C21H23N3O3. The number of rotatable bonds is 8. The van der Waals surface area contributed by atoms with Gasteiger partial charge in [-0.3, -0.25) is 14.6 Å². The van der Waals surface area contributed by atoms with E-state index in [0.29, 0.717) is 24.2 Å². The summed E-state index contributed by atoms with van der Waals surface area (Å²) in [5.74, 6) is -0.116. The van der Waals surface area contributed by atoms with E-state index in [9.17, 15) is 9.59 Å². The number of furan rings is 1. The predicted molar refractivity (Wildman–Crippen MR) is 105 cm³/mol. The Kier molecular flexibility index (Phi) is 5.86. The van der Waals surface area contributed by atoms with Crippen molar-refractivity contribution in [2.24, 2.45) is 0 Å². The molecule has 0 atom stereocenters. The molecule has 0 unspecified atom stereocenters. The minimum Gasteiger partial charge on any atom is -0.464 e. The third kappa shape index (κ3) is 4.16. The number of amides is 2. The number of hydrogen-bond acceptors (Lipinski definition) is 4. The number of nitrogens with zero attached hydrogens (tertiary/aromatic N) is 3. The molecule has 27 heavy (non-hydrogen) atoms. The Morgan fingerprint density at radius 2 is 2.00 bits per heavy atom. The molecule has 0 spiro atoms. The van der Waals surface area contributed by atoms with Crippen molar-refractivity contribution in [2.75, 3.05) is 25.5 Å². The van der Waals surface area contributed by atoms with Crippen LogP contribution in [-0.4, -0.2) is 42.8 Å². The fourth-order valence-electron chi connectivity index (χ4n) is 3.10. The third-order valence-electron chi connectivity index (χ3n) is 4.67. The maximum atomic E-state index is 12.7. The van der Waals surface area contributed by atoms with Gasteiger partial charge < -0.3 is 14.2 Å². The minimum atomic E-state index is -0.116. The number of aryl methyl sites for hydroxylation is 1. The van der Waals surface area contributed by atoms with Crippen molar-refractivity contribution in [2.45, 2.75) is 19.3 Å². The SMILES string of the molecule is CN(CCCCc1coc2ccccc12)C(=O)c1ccncc1N(C)C=O. The van der Waals surface area contributed by atoms with E-state index >= 15 is 0 Å². The zero-order valence-electron chi connectivity index (χ0n) is 15.6. The van der Waals surface area contributed by atoms with Gasteiger partial charge in [0.1, 0.15) is 5.58 Å². The Hall–Kier alpha value is -3.15. The van der Waals surface area contributed by atoms with E-state index < -0.39 is 0 Å². The van der Waals surface area contributed by atoms with Gasteiger partial charge in [-0.15, -0.1) is 0 Å². The molecule has 0 aliphatic carbocycles. The van der Waals surface area contributed by atoms with Crippen LogP contribution < -0.4 is 4.90 Å². The highest BCUT2D eigenvalue weighted by atomic mass is 16.3. The predicted octanol–water partition coefficient (Wildman–Crippen LogP) is 3.52. The summed E-state index contributed by atoms with van der Waals surface area (Å²) in [5.41, 5.74) is 3.09. The van der Waals surface area contributed by atoms with Gasteiger partial charge in [0.15, 0.2) is 0 Å². The summed E-state index contributed by atoms with van der Waals surface area (Å²) >= 11 is 0. The average molecular weight is 365 g/mol. The Labute approximate surface area is 158 Å². The molecule has 2 amide bonds. The first-order chi connectivity index (χ1) is 13.1. The topological polar surface area (TPSA) is 66.7 Å². The number of carbonyl (C=O) groups is 2. The molecule has 3 rings (SSSR count). The van der Waals surface area contributed by atoms with Gasteiger partial charge in [-0.05, 0) is 37.0 Å². The highest BCUT2D eigenvalue weighted by molar-refractivity contribution is 6.01. The lowest BCUT2D eigenvalue weighted by molar-refractivity contribution is -0.107. The van der Waals surface area contributed by atoms with E-state index in [4.69, 9.17) is 4.42 Å². The first-order valence-electron chi connectivity index (χ1n) is 8.94. The second-order valence-corrected chi connectivity index (χ2v) is 6.55. The fourth-order valence-corrected chi connectivity index (χ4v) is 3.10. The van der Waals surface area contributed by atoms with Gasteiger partial charge in [-0.1, -0.05) is 18.2 Å². The number of benzene rings is 1. The molecule has 2 aromatic heterocycles. The number of carbonyl (C=O) groups excluding carboxylic acids is 2. The number of para-hydroxylation sites is 1. The lowest BCUT2D eigenvalue weighted by atomic mass is 10.1. The standard InChI is InChI=1S/C21H23N3O3/c1-23(21(26)18-10-11-22-13-19(18)24(2)15-25)12-6-5-7-16-14-27-20-9-4-3-8-17(16)20/h3-4,8-11,13-15H,5-7,12H2,1-2H3. The molecule has 6 heteroatoms. The van der Waals surface area contributed by atoms with E-state index in [-0.39, 0.29) is 5.91 Å². The normalized spacial score (nSPS) is 10.7. The maximum absolute atomic E-state index is 12.7. The first-order valence-corrected chi connectivity index (χ1v) is 8.94. The van der Waals surface area contributed by atoms with Crippen LogP contribution in [-0.2, 0) is 11.2 Å². The average Bonchev–Trinajstić information content (AvgIpc) is 3.13. The largest absolute Gasteiger partial charge is 0.464 e. The summed E-state index contributed by atoms with van der Waals surface area (Å²) in [6.45, 7) is 0.640. The molecule has 0 aliphatic heterocycles. The molecule has 0 bridgehead atoms. The number of hydrogen-bond donors (Lipinski definition) is 0. The Morgan fingerprint density at radius 1 is 1.19 bits per heavy atom. The molecule has 3 aromatic rings. The van der Waals surface area contributed by atoms with Crippen LogP contribution in [0.25, 0.3) is 11.0 Å². The van der Waals surface area contributed by atoms with Crippen LogP contribution in [0.5, 0.6) is 0 Å². The van der Waals surface area contributed by atoms with E-state index in [1.807, 2.05) is 24.5 Å². The molecule has 6 nitrogen and oxygen atoms in total. The number of fused-ring (bicyclic) bond motifs is 1. The number of aromatic nitrogens is 1. The van der Waals surface area contributed by atoms with E-state index in [1.54, 1.807) is 31.3 Å². The van der Waals surface area contributed by atoms with Gasteiger partial charge in [0.25, 0.3) is 5.91 Å². The van der Waals surface area contributed by atoms with Crippen LogP contribution in [0.15, 0.2) is 53.4 Å². The number of pyridine rings is 1. The summed E-state index contributed by atoms with van der Waals surface area (Å²) in [4.78, 5) is 30.8. The van der Waals surface area contributed by atoms with Gasteiger partial charge in [0.05, 0.1) is 23.7 Å². The van der Waals surface area contributed by atoms with Crippen molar-refractivity contribution in [1.29, 1.82) is 0 Å². The molecule has 0 radical (unpaired) electrons. The number of unbranched alkanes of at least 4 members (excludes halogenated alkanes) is 1. The quantitative estimate of drug-likeness (QED) is 0.452. The van der Waals surface area contributed by atoms with Crippen LogP contribution in [0.1, 0.15) is 28.8 Å². The lowest BCUT2D eigenvalue weighted by Crippen LogP contribution is -2.30. The zero-order valence-corrected chi connectivity index (χ0v) is 15.6. The van der Waals surface area contributed by atoms with Crippen LogP contribution in [0.3, 0.4) is 0 Å². The fraction of sp³-hybridized carbons (Fsp3) is 0.286. The molecule has 0 fully saturated rings. The summed E-state index contributed by atoms with van der Waals surface area (Å²) in [6, 6.07) is 9.65. The Morgan fingerprint density at radius 3 is 2.81 bits per heavy atom. The van der Waals surface area contributed by atoms with Crippen LogP contribution in [0.4, 0.5) is 5.69 Å². The summed E-state index contributed by atoms with van der Waals surface area (Å²) in [7, 11) is 3.39. The van der Waals surface area contributed by atoms with Crippen LogP contribution in [0.2, 0.25) is 0 Å². The van der Waals surface area contributed by atoms with Gasteiger partial charge in [-0.2, -0.15) is 0 Å². The van der Waals surface area contributed by atoms with Gasteiger partial charge >= 0.3 is 0 Å². The Balaban J connectivity index is 1.56. The second kappa shape index (κ2) is 8.49. The molecule has 2 heterocycles. The highest BCUT2D eigenvalue weighted by Crippen LogP contribution is 2.22. The van der Waals surface area contributed by atoms with Crippen LogP contribution >= 0.6 is 0 Å². The van der Waals surface area contributed by atoms with Gasteiger partial charge in [0, 0.05) is 32.2 Å². The minimum absolute atomic E-state index is 0.116. The number of anilines is 1. The van der Waals surface area contributed by atoms with Crippen LogP contribution in [0, 0.1) is 0 Å². The third-order valence-corrected chi connectivity index (χ3v) is 4.67. The summed E-state index contributed by atoms with van der Waals surface area (Å²) in [6.07, 6.45) is 8.32. The van der Waals surface area contributed by atoms with E-state index in [2.05, 4.69) is 11.1 Å². The Bertz CT molecular complexity index is 935. The van der Waals surface area contributed by atoms with Crippen molar-refractivity contribution in [1.82, 2.24) is 9.88 Å². The van der Waals surface area contributed by atoms with Crippen molar-refractivity contribution in [3.63, 3.8) is 0 Å². The summed E-state index contributed by atoms with van der Waals surface area (Å²) < 4.78 is 5.57. The smallest absolute Gasteiger partial charge is 0.255 e. The lowest BCUT2D eigenvalue weighted by Gasteiger charge is -2.20. The molecule has 0 saturated carbocycles. The molecular weight excluding hydrogens is 342 g/mol. The monoisotopic (exact) mass is 365 g/mol. The highest BCUT2D eigenvalue weighted by Gasteiger charge is 2.17. The van der Waals surface area contributed by atoms with Gasteiger partial charge in [0.2, 0.25) is 6.41 Å². The first kappa shape index (κ1) is 18.6. The van der Waals surface area contributed by atoms with Crippen molar-refractivity contribution >= 4 is 29.0 Å². The van der Waals surface area contributed by atoms with Crippen molar-refractivity contribution in [3.8, 4) is 0 Å². The molecule has 1 aromatic carbocycles. The molecule has 0 aliphatic rings. The maximum Gasteiger partial charge on any atom is 0.255 e. The molecule has 0 saturated heterocycles. The second-order valence-electron chi connectivity index (χ2n) is 6.55. The van der Waals surface area contributed by atoms with Crippen molar-refractivity contribution < 1.29 is 14.0 Å². The summed E-state index contributed by atoms with van der Waals surface area (Å²) in [5, 5.41) is 1.15. The van der Waals surface area contributed by atoms with Crippen molar-refractivity contribution in [3.05, 3.63) is 60.1 Å². The molecule has 0 N–H and O–H groups in total. The zero-order chi connectivity index (χ0) is 19.2.